The lowest BCUT2D eigenvalue weighted by Crippen LogP contribution is -2.45. The Morgan fingerprint density at radius 2 is 1.93 bits per heavy atom. The summed E-state index contributed by atoms with van der Waals surface area (Å²) in [6.45, 7) is 13.4. The van der Waals surface area contributed by atoms with Gasteiger partial charge in [-0.25, -0.2) is 4.79 Å². The lowest BCUT2D eigenvalue weighted by molar-refractivity contribution is -0.161. The molecular weight excluding hydrogens is 344 g/mol. The molecule has 0 radical (unpaired) electrons. The Hall–Kier alpha value is -1.62. The van der Waals surface area contributed by atoms with Gasteiger partial charge in [-0.05, 0) is 46.5 Å². The number of fused-ring (bicyclic) bond motifs is 1. The van der Waals surface area contributed by atoms with Crippen molar-refractivity contribution in [2.75, 3.05) is 0 Å². The van der Waals surface area contributed by atoms with Gasteiger partial charge in [-0.1, -0.05) is 31.1 Å². The van der Waals surface area contributed by atoms with Gasteiger partial charge in [0.15, 0.2) is 0 Å². The van der Waals surface area contributed by atoms with Crippen LogP contribution in [0.5, 0.6) is 0 Å². The van der Waals surface area contributed by atoms with E-state index < -0.39 is 6.10 Å². The zero-order chi connectivity index (χ0) is 20.4. The van der Waals surface area contributed by atoms with E-state index in [0.717, 1.165) is 18.4 Å². The standard InChI is InChI=1S/C22H34O5/c1-13(2)11-18(24)26-17-12-15(5)9-8-10-22(7)21(27-22)20(25-16(6)23)19(17)14(3)4/h9,11,14,17,19-21H,8,10,12H2,1-7H3/b15-9+/t17-,19+,20?,21-,22-/m0/s1. The van der Waals surface area contributed by atoms with Gasteiger partial charge in [0, 0.05) is 25.3 Å². The van der Waals surface area contributed by atoms with Crippen molar-refractivity contribution in [2.24, 2.45) is 11.8 Å². The Balaban J connectivity index is 2.41. The van der Waals surface area contributed by atoms with Crippen LogP contribution in [0.3, 0.4) is 0 Å². The van der Waals surface area contributed by atoms with Crippen molar-refractivity contribution in [3.63, 3.8) is 0 Å². The van der Waals surface area contributed by atoms with Crippen LogP contribution in [0.4, 0.5) is 0 Å². The van der Waals surface area contributed by atoms with Crippen molar-refractivity contribution in [2.45, 2.75) is 91.6 Å². The molecule has 2 aliphatic rings. The van der Waals surface area contributed by atoms with Crippen LogP contribution in [-0.4, -0.2) is 35.9 Å². The van der Waals surface area contributed by atoms with Gasteiger partial charge in [-0.15, -0.1) is 0 Å². The molecule has 1 saturated heterocycles. The number of hydrogen-bond acceptors (Lipinski definition) is 5. The van der Waals surface area contributed by atoms with Crippen LogP contribution in [0.15, 0.2) is 23.3 Å². The molecule has 1 unspecified atom stereocenters. The molecule has 0 saturated carbocycles. The molecule has 0 N–H and O–H groups in total. The third-order valence-electron chi connectivity index (χ3n) is 5.45. The monoisotopic (exact) mass is 378 g/mol. The molecule has 1 fully saturated rings. The van der Waals surface area contributed by atoms with Crippen LogP contribution in [0.2, 0.25) is 0 Å². The number of epoxide rings is 1. The van der Waals surface area contributed by atoms with Crippen molar-refractivity contribution in [1.29, 1.82) is 0 Å². The van der Waals surface area contributed by atoms with Crippen molar-refractivity contribution in [3.8, 4) is 0 Å². The molecule has 5 heteroatoms. The Bertz CT molecular complexity index is 629. The van der Waals surface area contributed by atoms with E-state index in [1.165, 1.54) is 18.6 Å². The number of carbonyl (C=O) groups is 2. The predicted octanol–water partition coefficient (Wildman–Crippen LogP) is 4.36. The lowest BCUT2D eigenvalue weighted by atomic mass is 9.78. The molecule has 0 spiro atoms. The summed E-state index contributed by atoms with van der Waals surface area (Å²) in [5.74, 6) is -0.671. The molecule has 152 valence electrons. The summed E-state index contributed by atoms with van der Waals surface area (Å²) in [5, 5.41) is 0. The van der Waals surface area contributed by atoms with E-state index in [4.69, 9.17) is 14.2 Å². The molecule has 0 amide bonds. The first kappa shape index (κ1) is 21.7. The van der Waals surface area contributed by atoms with Crippen molar-refractivity contribution in [1.82, 2.24) is 0 Å². The van der Waals surface area contributed by atoms with Crippen molar-refractivity contribution in [3.05, 3.63) is 23.3 Å². The van der Waals surface area contributed by atoms with E-state index in [0.29, 0.717) is 6.42 Å². The fourth-order valence-electron chi connectivity index (χ4n) is 4.11. The van der Waals surface area contributed by atoms with Gasteiger partial charge in [-0.2, -0.15) is 0 Å². The van der Waals surface area contributed by atoms with Crippen LogP contribution in [0.25, 0.3) is 0 Å². The largest absolute Gasteiger partial charge is 0.459 e. The molecular formula is C22H34O5. The fourth-order valence-corrected chi connectivity index (χ4v) is 4.11. The second-order valence-electron chi connectivity index (χ2n) is 8.74. The van der Waals surface area contributed by atoms with Gasteiger partial charge < -0.3 is 14.2 Å². The average Bonchev–Trinajstić information content (AvgIpc) is 3.15. The van der Waals surface area contributed by atoms with Crippen LogP contribution >= 0.6 is 0 Å². The number of esters is 2. The molecule has 1 aliphatic carbocycles. The van der Waals surface area contributed by atoms with Gasteiger partial charge in [0.25, 0.3) is 0 Å². The molecule has 5 nitrogen and oxygen atoms in total. The van der Waals surface area contributed by atoms with Crippen molar-refractivity contribution < 1.29 is 23.8 Å². The number of allylic oxidation sites excluding steroid dienone is 2. The molecule has 5 atom stereocenters. The summed E-state index contributed by atoms with van der Waals surface area (Å²) in [4.78, 5) is 24.2. The van der Waals surface area contributed by atoms with Gasteiger partial charge >= 0.3 is 11.9 Å². The molecule has 0 aromatic heterocycles. The van der Waals surface area contributed by atoms with Gasteiger partial charge in [0.05, 0.1) is 5.60 Å². The molecule has 0 bridgehead atoms. The third-order valence-corrected chi connectivity index (χ3v) is 5.45. The quantitative estimate of drug-likeness (QED) is 0.315. The molecule has 0 aromatic carbocycles. The minimum Gasteiger partial charge on any atom is -0.459 e. The Labute approximate surface area is 163 Å². The average molecular weight is 379 g/mol. The minimum absolute atomic E-state index is 0.142. The number of hydrogen-bond donors (Lipinski definition) is 0. The highest BCUT2D eigenvalue weighted by atomic mass is 16.6. The predicted molar refractivity (Wildman–Crippen MR) is 104 cm³/mol. The van der Waals surface area contributed by atoms with E-state index in [9.17, 15) is 9.59 Å². The molecule has 0 aromatic rings. The first-order valence-corrected chi connectivity index (χ1v) is 9.89. The highest BCUT2D eigenvalue weighted by Gasteiger charge is 2.60. The summed E-state index contributed by atoms with van der Waals surface area (Å²) in [6, 6.07) is 0. The molecule has 27 heavy (non-hydrogen) atoms. The van der Waals surface area contributed by atoms with Gasteiger partial charge in [-0.3, -0.25) is 4.79 Å². The van der Waals surface area contributed by atoms with E-state index in [1.807, 2.05) is 13.8 Å². The zero-order valence-electron chi connectivity index (χ0n) is 17.7. The summed E-state index contributed by atoms with van der Waals surface area (Å²) in [6.07, 6.45) is 5.16. The normalized spacial score (nSPS) is 35.3. The highest BCUT2D eigenvalue weighted by Crippen LogP contribution is 2.48. The molecule has 2 rings (SSSR count). The number of carbonyl (C=O) groups excluding carboxylic acids is 2. The van der Waals surface area contributed by atoms with Crippen LogP contribution < -0.4 is 0 Å². The number of ether oxygens (including phenoxy) is 3. The third kappa shape index (κ3) is 5.68. The van der Waals surface area contributed by atoms with Gasteiger partial charge in [0.2, 0.25) is 0 Å². The maximum Gasteiger partial charge on any atom is 0.330 e. The van der Waals surface area contributed by atoms with E-state index in [-0.39, 0.29) is 41.6 Å². The topological polar surface area (TPSA) is 65.1 Å². The van der Waals surface area contributed by atoms with Crippen LogP contribution in [0, 0.1) is 11.8 Å². The summed E-state index contributed by atoms with van der Waals surface area (Å²) >= 11 is 0. The Kier molecular flexibility index (Phi) is 6.90. The first-order valence-electron chi connectivity index (χ1n) is 9.89. The smallest absolute Gasteiger partial charge is 0.330 e. The summed E-state index contributed by atoms with van der Waals surface area (Å²) in [7, 11) is 0. The van der Waals surface area contributed by atoms with Gasteiger partial charge in [0.1, 0.15) is 18.3 Å². The maximum absolute atomic E-state index is 12.4. The SMILES string of the molecule is CC(=O)OC1[C@H](C(C)C)[C@@H](OC(=O)C=C(C)C)C/C(C)=C/CC[C@]2(C)O[C@@H]12. The molecule has 1 aliphatic heterocycles. The maximum atomic E-state index is 12.4. The van der Waals surface area contributed by atoms with Crippen LogP contribution in [0.1, 0.15) is 67.7 Å². The second-order valence-corrected chi connectivity index (χ2v) is 8.74. The summed E-state index contributed by atoms with van der Waals surface area (Å²) < 4.78 is 17.7. The summed E-state index contributed by atoms with van der Waals surface area (Å²) in [5.41, 5.74) is 1.78. The lowest BCUT2D eigenvalue weighted by Gasteiger charge is -2.36. The van der Waals surface area contributed by atoms with E-state index in [2.05, 4.69) is 33.8 Å². The van der Waals surface area contributed by atoms with Crippen LogP contribution in [-0.2, 0) is 23.8 Å². The minimum atomic E-state index is -0.428. The Morgan fingerprint density at radius 3 is 2.48 bits per heavy atom. The zero-order valence-corrected chi connectivity index (χ0v) is 17.7. The van der Waals surface area contributed by atoms with Crippen molar-refractivity contribution >= 4 is 11.9 Å². The fraction of sp³-hybridized carbons (Fsp3) is 0.727. The van der Waals surface area contributed by atoms with E-state index >= 15 is 0 Å². The van der Waals surface area contributed by atoms with E-state index in [1.54, 1.807) is 0 Å². The highest BCUT2D eigenvalue weighted by molar-refractivity contribution is 5.82. The number of rotatable bonds is 4. The molecule has 1 heterocycles. The second kappa shape index (κ2) is 8.59. The first-order chi connectivity index (χ1) is 12.5. The Morgan fingerprint density at radius 1 is 1.26 bits per heavy atom.